The van der Waals surface area contributed by atoms with E-state index >= 15 is 0 Å². The quantitative estimate of drug-likeness (QED) is 0.646. The molecule has 3 aromatic rings. The van der Waals surface area contributed by atoms with Crippen molar-refractivity contribution in [3.05, 3.63) is 83.4 Å². The standard InChI is InChI=1S/C26H28N4O3/c1-19-15-29(18-27-19)24-11-10-20(14-25(24)32-2)13-21-7-6-12-30-16-23(21)28-33-26(30,17-31)22-8-4-3-5-9-22/h3-5,8-11,13-15,18,31H,6-7,12,16-17H2,1-2H3/b21-13+. The van der Waals surface area contributed by atoms with Crippen molar-refractivity contribution in [2.75, 3.05) is 26.8 Å². The van der Waals surface area contributed by atoms with Gasteiger partial charge in [0.15, 0.2) is 0 Å². The van der Waals surface area contributed by atoms with Crippen LogP contribution in [0.2, 0.25) is 0 Å². The third kappa shape index (κ3) is 3.94. The van der Waals surface area contributed by atoms with E-state index < -0.39 is 5.72 Å². The Balaban J connectivity index is 1.46. The lowest BCUT2D eigenvalue weighted by molar-refractivity contribution is -0.193. The zero-order valence-corrected chi connectivity index (χ0v) is 18.9. The van der Waals surface area contributed by atoms with Crippen molar-refractivity contribution in [1.29, 1.82) is 0 Å². The Labute approximate surface area is 193 Å². The fourth-order valence-corrected chi connectivity index (χ4v) is 4.61. The van der Waals surface area contributed by atoms with Crippen LogP contribution in [0.1, 0.15) is 29.7 Å². The second-order valence-electron chi connectivity index (χ2n) is 8.49. The van der Waals surface area contributed by atoms with E-state index in [0.29, 0.717) is 6.54 Å². The Bertz CT molecular complexity index is 1200. The first-order chi connectivity index (χ1) is 16.1. The first-order valence-electron chi connectivity index (χ1n) is 11.2. The number of aryl methyl sites for hydroxylation is 1. The highest BCUT2D eigenvalue weighted by Gasteiger charge is 2.45. The molecule has 1 saturated heterocycles. The highest BCUT2D eigenvalue weighted by Crippen LogP contribution is 2.36. The average Bonchev–Trinajstić information content (AvgIpc) is 3.22. The second kappa shape index (κ2) is 8.84. The Morgan fingerprint density at radius 3 is 2.79 bits per heavy atom. The number of imidazole rings is 1. The van der Waals surface area contributed by atoms with Crippen LogP contribution in [0, 0.1) is 6.92 Å². The van der Waals surface area contributed by atoms with Crippen LogP contribution in [0.25, 0.3) is 11.8 Å². The first-order valence-corrected chi connectivity index (χ1v) is 11.2. The summed E-state index contributed by atoms with van der Waals surface area (Å²) in [6, 6.07) is 16.0. The second-order valence-corrected chi connectivity index (χ2v) is 8.49. The third-order valence-corrected chi connectivity index (χ3v) is 6.38. The summed E-state index contributed by atoms with van der Waals surface area (Å²) >= 11 is 0. The van der Waals surface area contributed by atoms with Gasteiger partial charge in [-0.25, -0.2) is 4.98 Å². The van der Waals surface area contributed by atoms with E-state index in [-0.39, 0.29) is 6.61 Å². The van der Waals surface area contributed by atoms with Crippen LogP contribution in [0.5, 0.6) is 5.75 Å². The lowest BCUT2D eigenvalue weighted by Crippen LogP contribution is -2.54. The number of benzene rings is 2. The molecule has 0 amide bonds. The molecule has 33 heavy (non-hydrogen) atoms. The van der Waals surface area contributed by atoms with Gasteiger partial charge in [0.2, 0.25) is 5.72 Å². The zero-order chi connectivity index (χ0) is 22.8. The van der Waals surface area contributed by atoms with Gasteiger partial charge in [0.05, 0.1) is 30.5 Å². The van der Waals surface area contributed by atoms with Crippen molar-refractivity contribution in [2.45, 2.75) is 25.5 Å². The van der Waals surface area contributed by atoms with Crippen molar-refractivity contribution in [3.63, 3.8) is 0 Å². The number of hydrogen-bond donors (Lipinski definition) is 1. The summed E-state index contributed by atoms with van der Waals surface area (Å²) in [6.07, 6.45) is 7.77. The fourth-order valence-electron chi connectivity index (χ4n) is 4.61. The average molecular weight is 445 g/mol. The van der Waals surface area contributed by atoms with Gasteiger partial charge < -0.3 is 19.2 Å². The van der Waals surface area contributed by atoms with Crippen molar-refractivity contribution in [2.24, 2.45) is 5.16 Å². The number of ether oxygens (including phenoxy) is 1. The summed E-state index contributed by atoms with van der Waals surface area (Å²) in [5.74, 6) is 0.780. The number of rotatable bonds is 5. The molecule has 7 nitrogen and oxygen atoms in total. The molecule has 3 heterocycles. The number of oxime groups is 1. The first kappa shape index (κ1) is 21.4. The van der Waals surface area contributed by atoms with E-state index in [0.717, 1.165) is 58.9 Å². The number of fused-ring (bicyclic) bond motifs is 2. The number of aromatic nitrogens is 2. The minimum absolute atomic E-state index is 0.154. The van der Waals surface area contributed by atoms with E-state index in [1.807, 2.05) is 60.2 Å². The van der Waals surface area contributed by atoms with Gasteiger partial charge >= 0.3 is 0 Å². The van der Waals surface area contributed by atoms with E-state index in [1.165, 1.54) is 0 Å². The maximum atomic E-state index is 10.3. The molecular formula is C26H28N4O3. The molecular weight excluding hydrogens is 416 g/mol. The summed E-state index contributed by atoms with van der Waals surface area (Å²) in [6.45, 7) is 3.26. The monoisotopic (exact) mass is 444 g/mol. The van der Waals surface area contributed by atoms with Crippen LogP contribution >= 0.6 is 0 Å². The molecule has 2 aliphatic rings. The molecule has 2 aliphatic heterocycles. The minimum Gasteiger partial charge on any atom is -0.495 e. The summed E-state index contributed by atoms with van der Waals surface area (Å²) in [5.41, 5.74) is 4.97. The van der Waals surface area contributed by atoms with Gasteiger partial charge in [-0.1, -0.05) is 41.6 Å². The Kier molecular flexibility index (Phi) is 5.74. The third-order valence-electron chi connectivity index (χ3n) is 6.38. The maximum absolute atomic E-state index is 10.3. The van der Waals surface area contributed by atoms with Gasteiger partial charge in [-0.05, 0) is 49.1 Å². The predicted molar refractivity (Wildman–Crippen MR) is 127 cm³/mol. The summed E-state index contributed by atoms with van der Waals surface area (Å²) < 4.78 is 7.63. The Hall–Kier alpha value is -3.42. The molecule has 2 bridgehead atoms. The lowest BCUT2D eigenvalue weighted by Gasteiger charge is -2.42. The molecule has 0 saturated carbocycles. The largest absolute Gasteiger partial charge is 0.495 e. The molecule has 2 unspecified atom stereocenters. The van der Waals surface area contributed by atoms with Gasteiger partial charge in [0.25, 0.3) is 0 Å². The van der Waals surface area contributed by atoms with Crippen LogP contribution in [-0.2, 0) is 10.6 Å². The number of nitrogens with zero attached hydrogens (tertiary/aromatic N) is 4. The van der Waals surface area contributed by atoms with Crippen molar-refractivity contribution in [1.82, 2.24) is 14.5 Å². The molecule has 5 rings (SSSR count). The van der Waals surface area contributed by atoms with Gasteiger partial charge in [-0.2, -0.15) is 0 Å². The van der Waals surface area contributed by atoms with Gasteiger partial charge in [-0.3, -0.25) is 4.90 Å². The Morgan fingerprint density at radius 1 is 1.21 bits per heavy atom. The highest BCUT2D eigenvalue weighted by molar-refractivity contribution is 6.05. The van der Waals surface area contributed by atoms with Crippen LogP contribution in [0.15, 0.2) is 71.8 Å². The van der Waals surface area contributed by atoms with Gasteiger partial charge in [0, 0.05) is 24.8 Å². The molecule has 1 fully saturated rings. The van der Waals surface area contributed by atoms with Crippen LogP contribution in [0.4, 0.5) is 0 Å². The SMILES string of the molecule is COc1cc(/C=C2\CCCN3CC2=NOC3(CO)c2ccccc2)ccc1-n1cnc(C)c1. The van der Waals surface area contributed by atoms with E-state index in [4.69, 9.17) is 9.57 Å². The lowest BCUT2D eigenvalue weighted by atomic mass is 9.99. The Morgan fingerprint density at radius 2 is 2.06 bits per heavy atom. The topological polar surface area (TPSA) is 72.1 Å². The molecule has 1 aromatic heterocycles. The smallest absolute Gasteiger partial charge is 0.240 e. The van der Waals surface area contributed by atoms with Crippen LogP contribution in [0.3, 0.4) is 0 Å². The van der Waals surface area contributed by atoms with E-state index in [1.54, 1.807) is 13.4 Å². The molecule has 2 aromatic carbocycles. The zero-order valence-electron chi connectivity index (χ0n) is 18.9. The number of methoxy groups -OCH3 is 1. The molecule has 0 aliphatic carbocycles. The van der Waals surface area contributed by atoms with Gasteiger partial charge in [0.1, 0.15) is 12.4 Å². The molecule has 2 atom stereocenters. The molecule has 170 valence electrons. The number of aliphatic hydroxyl groups is 1. The van der Waals surface area contributed by atoms with Crippen molar-refractivity contribution >= 4 is 11.8 Å². The summed E-state index contributed by atoms with van der Waals surface area (Å²) in [7, 11) is 1.68. The summed E-state index contributed by atoms with van der Waals surface area (Å²) in [4.78, 5) is 12.5. The summed E-state index contributed by atoms with van der Waals surface area (Å²) in [5, 5.41) is 14.8. The van der Waals surface area contributed by atoms with Gasteiger partial charge in [-0.15, -0.1) is 0 Å². The maximum Gasteiger partial charge on any atom is 0.240 e. The molecule has 0 spiro atoms. The van der Waals surface area contributed by atoms with Crippen LogP contribution < -0.4 is 4.74 Å². The fraction of sp³-hybridized carbons (Fsp3) is 0.308. The normalized spacial score (nSPS) is 23.5. The predicted octanol–water partition coefficient (Wildman–Crippen LogP) is 3.90. The van der Waals surface area contributed by atoms with E-state index in [9.17, 15) is 5.11 Å². The van der Waals surface area contributed by atoms with Crippen molar-refractivity contribution < 1.29 is 14.7 Å². The minimum atomic E-state index is -0.936. The highest BCUT2D eigenvalue weighted by atomic mass is 16.7. The molecule has 0 radical (unpaired) electrons. The molecule has 7 heteroatoms. The van der Waals surface area contributed by atoms with Crippen LogP contribution in [-0.4, -0.2) is 52.1 Å². The number of aliphatic hydroxyl groups excluding tert-OH is 1. The number of hydrogen-bond acceptors (Lipinski definition) is 6. The van der Waals surface area contributed by atoms with Crippen molar-refractivity contribution in [3.8, 4) is 11.4 Å². The van der Waals surface area contributed by atoms with E-state index in [2.05, 4.69) is 27.2 Å². The molecule has 1 N–H and O–H groups in total.